The number of phenols is 1. The number of ether oxygens (including phenoxy) is 1. The molecule has 1 saturated carbocycles. The molecule has 2 atom stereocenters. The van der Waals surface area contributed by atoms with Crippen LogP contribution >= 0.6 is 11.8 Å². The number of benzene rings is 1. The number of halogens is 1. The Bertz CT molecular complexity index is 962. The fourth-order valence-corrected chi connectivity index (χ4v) is 8.45. The Balaban J connectivity index is 1.78. The molecule has 0 radical (unpaired) electrons. The molecule has 0 aromatic heterocycles. The maximum atomic E-state index is 12.7. The molecule has 0 heterocycles. The van der Waals surface area contributed by atoms with E-state index in [9.17, 15) is 9.90 Å². The minimum Gasteiger partial charge on any atom is -0.507 e. The lowest BCUT2D eigenvalue weighted by Gasteiger charge is -2.27. The van der Waals surface area contributed by atoms with Gasteiger partial charge in [-0.05, 0) is 75.0 Å². The molecule has 2 rings (SSSR count). The maximum absolute atomic E-state index is 12.7. The number of aromatic hydroxyl groups is 1. The number of hydrogen-bond acceptors (Lipinski definition) is 7. The molecule has 0 aliphatic heterocycles. The van der Waals surface area contributed by atoms with Crippen LogP contribution in [0.4, 0.5) is 0 Å². The van der Waals surface area contributed by atoms with Gasteiger partial charge in [0.05, 0.1) is 6.04 Å². The predicted molar refractivity (Wildman–Crippen MR) is 176 cm³/mol. The molecule has 1 aliphatic rings. The Kier molecular flexibility index (Phi) is 16.7. The fourth-order valence-electron chi connectivity index (χ4n) is 5.71. The van der Waals surface area contributed by atoms with Gasteiger partial charge < -0.3 is 18.7 Å². The van der Waals surface area contributed by atoms with E-state index in [-0.39, 0.29) is 29.2 Å². The lowest BCUT2D eigenvalue weighted by molar-refractivity contribution is -0.134. The first-order valence-corrected chi connectivity index (χ1v) is 19.2. The molecule has 1 aromatic carbocycles. The number of nitrogens with one attached hydrogen (secondary N) is 1. The van der Waals surface area contributed by atoms with Crippen molar-refractivity contribution in [3.05, 3.63) is 23.3 Å². The first-order chi connectivity index (χ1) is 20.0. The Labute approximate surface area is 261 Å². The Morgan fingerprint density at radius 1 is 1.02 bits per heavy atom. The molecule has 1 aromatic rings. The molecule has 42 heavy (non-hydrogen) atoms. The van der Waals surface area contributed by atoms with Gasteiger partial charge in [-0.15, -0.1) is 0 Å². The zero-order valence-corrected chi connectivity index (χ0v) is 28.9. The summed E-state index contributed by atoms with van der Waals surface area (Å²) in [7, 11) is -1.98. The van der Waals surface area contributed by atoms with Gasteiger partial charge in [0.1, 0.15) is 11.5 Å². The summed E-state index contributed by atoms with van der Waals surface area (Å²) in [4.78, 5) is 20.3. The van der Waals surface area contributed by atoms with Gasteiger partial charge in [-0.1, -0.05) is 78.6 Å². The number of hydrogen-bond donors (Lipinski definition) is 2. The van der Waals surface area contributed by atoms with Crippen molar-refractivity contribution in [2.24, 2.45) is 4.99 Å². The fraction of sp³-hybridized carbons (Fsp3) is 0.758. The molecule has 1 fully saturated rings. The van der Waals surface area contributed by atoms with E-state index in [2.05, 4.69) is 11.4 Å². The molecule has 0 unspecified atom stereocenters. The summed E-state index contributed by atoms with van der Waals surface area (Å²) < 4.78 is 17.6. The predicted octanol–water partition coefficient (Wildman–Crippen LogP) is 8.72. The lowest BCUT2D eigenvalue weighted by Crippen LogP contribution is -2.38. The summed E-state index contributed by atoms with van der Waals surface area (Å²) in [6.45, 7) is 13.8. The summed E-state index contributed by atoms with van der Waals surface area (Å²) in [5.41, 5.74) is 0.966. The molecule has 0 saturated heterocycles. The van der Waals surface area contributed by atoms with E-state index in [1.807, 2.05) is 34.6 Å². The number of esters is 1. The van der Waals surface area contributed by atoms with Crippen LogP contribution in [-0.4, -0.2) is 51.1 Å². The number of rotatable bonds is 19. The molecule has 7 nitrogen and oxygen atoms in total. The molecule has 0 amide bonds. The number of carbonyl (C=O) groups excluding carboxylic acids is 1. The third-order valence-corrected chi connectivity index (χ3v) is 11.4. The quantitative estimate of drug-likeness (QED) is 0.0399. The van der Waals surface area contributed by atoms with Crippen LogP contribution in [0.25, 0.3) is 0 Å². The summed E-state index contributed by atoms with van der Waals surface area (Å²) in [6.07, 6.45) is 15.3. The number of unbranched alkanes of at least 4 members (excludes halogenated alkanes) is 7. The monoisotopic (exact) mass is 624 g/mol. The topological polar surface area (TPSA) is 89.4 Å². The van der Waals surface area contributed by atoms with Crippen LogP contribution in [0.5, 0.6) is 11.5 Å². The van der Waals surface area contributed by atoms with E-state index in [1.165, 1.54) is 32.1 Å². The molecule has 240 valence electrons. The number of phenolic OH excluding ortho intramolecular Hbond substituents is 1. The largest absolute Gasteiger partial charge is 0.507 e. The number of aliphatic imine (C=N–C) groups is 1. The Hall–Kier alpha value is -1.45. The highest BCUT2D eigenvalue weighted by molar-refractivity contribution is 6.66. The highest BCUT2D eigenvalue weighted by atomic mass is 35.5. The highest BCUT2D eigenvalue weighted by Gasteiger charge is 2.29. The first-order valence-electron chi connectivity index (χ1n) is 16.3. The number of carbonyl (C=O) groups is 1. The maximum Gasteiger partial charge on any atom is 0.334 e. The molecule has 2 N–H and O–H groups in total. The van der Waals surface area contributed by atoms with Crippen LogP contribution in [0.15, 0.2) is 17.1 Å². The molecular formula is C33H57ClN2O5Si. The van der Waals surface area contributed by atoms with Gasteiger partial charge in [-0.2, -0.15) is 0 Å². The molecular weight excluding hydrogens is 568 g/mol. The second kappa shape index (κ2) is 19.0. The minimum atomic E-state index is -1.98. The molecule has 0 spiro atoms. The van der Waals surface area contributed by atoms with Gasteiger partial charge >= 0.3 is 14.5 Å². The van der Waals surface area contributed by atoms with Crippen LogP contribution in [0, 0.1) is 0 Å². The van der Waals surface area contributed by atoms with Crippen molar-refractivity contribution in [3.63, 3.8) is 0 Å². The van der Waals surface area contributed by atoms with Crippen molar-refractivity contribution < 1.29 is 23.5 Å². The SMILES string of the molecule is CCO[Si](C)(CCCCCCCCCCC(=O)Oc1cc(/C=N/[C@@H]2CCCC[C@H]2NCl)c(O)c(C(C)(C)C)c1)OCC. The summed E-state index contributed by atoms with van der Waals surface area (Å²) in [6, 6.07) is 4.73. The van der Waals surface area contributed by atoms with Crippen LogP contribution < -0.4 is 9.57 Å². The van der Waals surface area contributed by atoms with Crippen molar-refractivity contribution >= 4 is 32.5 Å². The second-order valence-electron chi connectivity index (χ2n) is 12.8. The van der Waals surface area contributed by atoms with Gasteiger partial charge in [0.2, 0.25) is 0 Å². The third kappa shape index (κ3) is 13.0. The van der Waals surface area contributed by atoms with Crippen LogP contribution in [0.2, 0.25) is 12.6 Å². The Morgan fingerprint density at radius 2 is 1.62 bits per heavy atom. The minimum absolute atomic E-state index is 0.0539. The van der Waals surface area contributed by atoms with Crippen molar-refractivity contribution in [3.8, 4) is 11.5 Å². The van der Waals surface area contributed by atoms with Crippen LogP contribution in [0.3, 0.4) is 0 Å². The highest BCUT2D eigenvalue weighted by Crippen LogP contribution is 2.36. The van der Waals surface area contributed by atoms with E-state index in [4.69, 9.17) is 30.4 Å². The van der Waals surface area contributed by atoms with E-state index >= 15 is 0 Å². The standard InChI is InChI=1S/C33H57ClN2O5Si/c1-7-39-42(6,40-8-2)22-18-14-12-10-9-11-13-15-21-31(37)41-27-23-26(32(38)28(24-27)33(3,4)5)25-35-29-19-16-17-20-30(29)36-34/h23-25,29-30,36,38H,7-22H2,1-6H3/b35-25+/t29-,30-/m1/s1. The molecule has 9 heteroatoms. The average Bonchev–Trinajstić information content (AvgIpc) is 2.94. The van der Waals surface area contributed by atoms with Crippen LogP contribution in [-0.2, 0) is 19.1 Å². The van der Waals surface area contributed by atoms with E-state index in [0.717, 1.165) is 69.8 Å². The van der Waals surface area contributed by atoms with E-state index in [0.29, 0.717) is 17.7 Å². The smallest absolute Gasteiger partial charge is 0.334 e. The second-order valence-corrected chi connectivity index (χ2v) is 16.4. The van der Waals surface area contributed by atoms with Crippen LogP contribution in [0.1, 0.15) is 129 Å². The van der Waals surface area contributed by atoms with E-state index in [1.54, 1.807) is 18.3 Å². The van der Waals surface area contributed by atoms with Gasteiger partial charge in [0.25, 0.3) is 0 Å². The summed E-state index contributed by atoms with van der Waals surface area (Å²) in [5.74, 6) is 0.391. The van der Waals surface area contributed by atoms with Crippen molar-refractivity contribution in [1.29, 1.82) is 0 Å². The zero-order chi connectivity index (χ0) is 31.0. The van der Waals surface area contributed by atoms with Crippen molar-refractivity contribution in [2.45, 2.75) is 148 Å². The van der Waals surface area contributed by atoms with Crippen molar-refractivity contribution in [1.82, 2.24) is 4.84 Å². The summed E-state index contributed by atoms with van der Waals surface area (Å²) >= 11 is 5.94. The zero-order valence-electron chi connectivity index (χ0n) is 27.1. The van der Waals surface area contributed by atoms with Gasteiger partial charge in [-0.25, -0.2) is 4.84 Å². The molecule has 0 bridgehead atoms. The molecule has 1 aliphatic carbocycles. The van der Waals surface area contributed by atoms with Gasteiger partial charge in [-0.3, -0.25) is 9.79 Å². The lowest BCUT2D eigenvalue weighted by atomic mass is 9.85. The van der Waals surface area contributed by atoms with Crippen molar-refractivity contribution in [2.75, 3.05) is 13.2 Å². The normalized spacial score (nSPS) is 18.1. The third-order valence-electron chi connectivity index (χ3n) is 8.09. The van der Waals surface area contributed by atoms with E-state index < -0.39 is 8.56 Å². The first kappa shape index (κ1) is 36.7. The Morgan fingerprint density at radius 3 is 2.21 bits per heavy atom. The average molecular weight is 625 g/mol. The number of nitrogens with zero attached hydrogens (tertiary/aromatic N) is 1. The van der Waals surface area contributed by atoms with Gasteiger partial charge in [0.15, 0.2) is 0 Å². The summed E-state index contributed by atoms with van der Waals surface area (Å²) in [5, 5.41) is 11.0. The van der Waals surface area contributed by atoms with Gasteiger partial charge in [0, 0.05) is 43.0 Å².